The van der Waals surface area contributed by atoms with Crippen molar-refractivity contribution >= 4 is 34.9 Å². The van der Waals surface area contributed by atoms with E-state index in [0.29, 0.717) is 18.0 Å². The van der Waals surface area contributed by atoms with Gasteiger partial charge in [-0.15, -0.1) is 0 Å². The maximum Gasteiger partial charge on any atom is 0.294 e. The summed E-state index contributed by atoms with van der Waals surface area (Å²) >= 11 is 0.887. The van der Waals surface area contributed by atoms with Crippen LogP contribution in [0, 0.1) is 13.8 Å². The molecule has 4 heterocycles. The smallest absolute Gasteiger partial charge is 0.294 e. The van der Waals surface area contributed by atoms with Gasteiger partial charge in [-0.25, -0.2) is 0 Å². The molecular formula is C21H22N4O3S. The van der Waals surface area contributed by atoms with Crippen molar-refractivity contribution in [3.05, 3.63) is 52.4 Å². The molecule has 0 radical (unpaired) electrons. The van der Waals surface area contributed by atoms with Gasteiger partial charge in [-0.05, 0) is 68.3 Å². The van der Waals surface area contributed by atoms with Gasteiger partial charge in [0.25, 0.3) is 11.1 Å². The van der Waals surface area contributed by atoms with Gasteiger partial charge >= 0.3 is 0 Å². The zero-order valence-corrected chi connectivity index (χ0v) is 17.2. The standard InChI is InChI=1S/C21H22N4O3S/c1-14-10-16(15(2)25(14)17-6-5-7-22-12-17)11-18-20(27)24(21(28)29-18)13-19(26)23-8-3-4-9-23/h5-7,10-12H,3-4,8-9,13H2,1-2H3/b18-11+. The summed E-state index contributed by atoms with van der Waals surface area (Å²) in [5.74, 6) is -0.570. The summed E-state index contributed by atoms with van der Waals surface area (Å²) < 4.78 is 2.06. The minimum atomic E-state index is -0.404. The molecule has 2 aromatic rings. The first-order valence-corrected chi connectivity index (χ1v) is 10.4. The zero-order chi connectivity index (χ0) is 20.5. The topological polar surface area (TPSA) is 75.5 Å². The molecular weight excluding hydrogens is 388 g/mol. The molecule has 0 atom stereocenters. The van der Waals surface area contributed by atoms with Crippen LogP contribution in [0.4, 0.5) is 4.79 Å². The van der Waals surface area contributed by atoms with E-state index in [1.54, 1.807) is 23.4 Å². The number of hydrogen-bond acceptors (Lipinski definition) is 5. The SMILES string of the molecule is Cc1cc(/C=C2/SC(=O)N(CC(=O)N3CCCC3)C2=O)c(C)n1-c1cccnc1. The Morgan fingerprint density at radius 3 is 2.69 bits per heavy atom. The summed E-state index contributed by atoms with van der Waals surface area (Å²) in [6.07, 6.45) is 7.18. The largest absolute Gasteiger partial charge is 0.341 e. The van der Waals surface area contributed by atoms with E-state index in [4.69, 9.17) is 0 Å². The Bertz CT molecular complexity index is 1010. The van der Waals surface area contributed by atoms with E-state index in [-0.39, 0.29) is 12.5 Å². The molecule has 7 nitrogen and oxygen atoms in total. The number of carbonyl (C=O) groups excluding carboxylic acids is 3. The van der Waals surface area contributed by atoms with Crippen molar-refractivity contribution in [2.24, 2.45) is 0 Å². The van der Waals surface area contributed by atoms with Crippen molar-refractivity contribution in [3.63, 3.8) is 0 Å². The third-order valence-electron chi connectivity index (χ3n) is 5.29. The van der Waals surface area contributed by atoms with Gasteiger partial charge in [0, 0.05) is 30.7 Å². The van der Waals surface area contributed by atoms with E-state index in [2.05, 4.69) is 9.55 Å². The first-order chi connectivity index (χ1) is 14.0. The number of thioether (sulfide) groups is 1. The lowest BCUT2D eigenvalue weighted by Crippen LogP contribution is -2.40. The average Bonchev–Trinajstić information content (AvgIpc) is 3.40. The van der Waals surface area contributed by atoms with Crippen molar-refractivity contribution < 1.29 is 14.4 Å². The van der Waals surface area contributed by atoms with Gasteiger partial charge in [0.1, 0.15) is 6.54 Å². The maximum atomic E-state index is 12.8. The van der Waals surface area contributed by atoms with Gasteiger partial charge in [-0.3, -0.25) is 24.3 Å². The zero-order valence-electron chi connectivity index (χ0n) is 16.4. The number of likely N-dealkylation sites (tertiary alicyclic amines) is 1. The number of pyridine rings is 1. The van der Waals surface area contributed by atoms with Crippen LogP contribution in [0.3, 0.4) is 0 Å². The number of amides is 3. The number of aromatic nitrogens is 2. The number of hydrogen-bond donors (Lipinski definition) is 0. The second kappa shape index (κ2) is 7.87. The van der Waals surface area contributed by atoms with Crippen LogP contribution in [0.2, 0.25) is 0 Å². The Labute approximate surface area is 173 Å². The maximum absolute atomic E-state index is 12.8. The highest BCUT2D eigenvalue weighted by molar-refractivity contribution is 8.18. The molecule has 29 heavy (non-hydrogen) atoms. The van der Waals surface area contributed by atoms with Crippen LogP contribution >= 0.6 is 11.8 Å². The van der Waals surface area contributed by atoms with Gasteiger partial charge in [0.05, 0.1) is 16.8 Å². The summed E-state index contributed by atoms with van der Waals surface area (Å²) in [5, 5.41) is -0.394. The fourth-order valence-corrected chi connectivity index (χ4v) is 4.63. The Balaban J connectivity index is 1.57. The van der Waals surface area contributed by atoms with Gasteiger partial charge in [-0.1, -0.05) is 0 Å². The van der Waals surface area contributed by atoms with E-state index in [0.717, 1.165) is 52.1 Å². The average molecular weight is 410 g/mol. The van der Waals surface area contributed by atoms with Crippen LogP contribution in [0.5, 0.6) is 0 Å². The normalized spacial score (nSPS) is 18.3. The molecule has 2 saturated heterocycles. The molecule has 0 aliphatic carbocycles. The first-order valence-electron chi connectivity index (χ1n) is 9.58. The molecule has 150 valence electrons. The van der Waals surface area contributed by atoms with Gasteiger partial charge in [0.2, 0.25) is 5.91 Å². The summed E-state index contributed by atoms with van der Waals surface area (Å²) in [5.41, 5.74) is 3.76. The molecule has 3 amide bonds. The fraction of sp³-hybridized carbons (Fsp3) is 0.333. The van der Waals surface area contributed by atoms with Crippen molar-refractivity contribution in [1.82, 2.24) is 19.4 Å². The van der Waals surface area contributed by atoms with Crippen LogP contribution in [0.1, 0.15) is 29.8 Å². The van der Waals surface area contributed by atoms with Crippen LogP contribution in [0.15, 0.2) is 35.5 Å². The Hall–Kier alpha value is -2.87. The Morgan fingerprint density at radius 2 is 2.00 bits per heavy atom. The summed E-state index contributed by atoms with van der Waals surface area (Å²) in [6, 6.07) is 5.82. The molecule has 4 rings (SSSR count). The van der Waals surface area contributed by atoms with Gasteiger partial charge in [0.15, 0.2) is 0 Å². The molecule has 2 aromatic heterocycles. The molecule has 8 heteroatoms. The van der Waals surface area contributed by atoms with E-state index < -0.39 is 11.1 Å². The Morgan fingerprint density at radius 1 is 1.24 bits per heavy atom. The highest BCUT2D eigenvalue weighted by Gasteiger charge is 2.37. The highest BCUT2D eigenvalue weighted by Crippen LogP contribution is 2.33. The van der Waals surface area contributed by atoms with Crippen molar-refractivity contribution in [2.45, 2.75) is 26.7 Å². The second-order valence-electron chi connectivity index (χ2n) is 7.23. The Kier molecular flexibility index (Phi) is 5.27. The third kappa shape index (κ3) is 3.72. The van der Waals surface area contributed by atoms with Crippen molar-refractivity contribution in [3.8, 4) is 5.69 Å². The number of aryl methyl sites for hydroxylation is 1. The van der Waals surface area contributed by atoms with E-state index in [1.807, 2.05) is 32.0 Å². The third-order valence-corrected chi connectivity index (χ3v) is 6.19. The molecule has 0 spiro atoms. The minimum absolute atomic E-state index is 0.166. The number of rotatable bonds is 4. The van der Waals surface area contributed by atoms with Crippen molar-refractivity contribution in [1.29, 1.82) is 0 Å². The number of imide groups is 1. The van der Waals surface area contributed by atoms with Gasteiger partial charge in [-0.2, -0.15) is 0 Å². The molecule has 0 bridgehead atoms. The van der Waals surface area contributed by atoms with Crippen LogP contribution in [-0.4, -0.2) is 56.0 Å². The van der Waals surface area contributed by atoms with E-state index >= 15 is 0 Å². The lowest BCUT2D eigenvalue weighted by atomic mass is 10.2. The fourth-order valence-electron chi connectivity index (χ4n) is 3.80. The van der Waals surface area contributed by atoms with Crippen molar-refractivity contribution in [2.75, 3.05) is 19.6 Å². The predicted octanol–water partition coefficient (Wildman–Crippen LogP) is 3.15. The molecule has 0 saturated carbocycles. The van der Waals surface area contributed by atoms with E-state index in [9.17, 15) is 14.4 Å². The summed E-state index contributed by atoms with van der Waals surface area (Å²) in [7, 11) is 0. The number of carbonyl (C=O) groups is 3. The quantitative estimate of drug-likeness (QED) is 0.724. The summed E-state index contributed by atoms with van der Waals surface area (Å²) in [4.78, 5) is 44.8. The molecule has 0 unspecified atom stereocenters. The molecule has 2 aliphatic rings. The van der Waals surface area contributed by atoms with Crippen LogP contribution in [0.25, 0.3) is 11.8 Å². The molecule has 2 aliphatic heterocycles. The van der Waals surface area contributed by atoms with E-state index in [1.165, 1.54) is 0 Å². The van der Waals surface area contributed by atoms with Crippen LogP contribution in [-0.2, 0) is 9.59 Å². The first kappa shape index (κ1) is 19.4. The second-order valence-corrected chi connectivity index (χ2v) is 8.22. The highest BCUT2D eigenvalue weighted by atomic mass is 32.2. The minimum Gasteiger partial charge on any atom is -0.341 e. The van der Waals surface area contributed by atoms with Crippen LogP contribution < -0.4 is 0 Å². The lowest BCUT2D eigenvalue weighted by molar-refractivity contribution is -0.135. The number of nitrogens with zero attached hydrogens (tertiary/aromatic N) is 4. The molecule has 0 N–H and O–H groups in total. The molecule has 0 aromatic carbocycles. The lowest BCUT2D eigenvalue weighted by Gasteiger charge is -2.18. The molecule has 2 fully saturated rings. The van der Waals surface area contributed by atoms with Gasteiger partial charge < -0.3 is 9.47 Å². The monoisotopic (exact) mass is 410 g/mol. The summed E-state index contributed by atoms with van der Waals surface area (Å²) in [6.45, 7) is 5.16. The predicted molar refractivity (Wildman–Crippen MR) is 112 cm³/mol.